The smallest absolute Gasteiger partial charge is 0.313 e. The number of benzene rings is 2. The number of nitrogens with one attached hydrogen (secondary N) is 1. The third kappa shape index (κ3) is 3.76. The normalized spacial score (nSPS) is 14.9. The summed E-state index contributed by atoms with van der Waals surface area (Å²) in [5.74, 6) is -2.22. The monoisotopic (exact) mass is 445 g/mol. The highest BCUT2D eigenvalue weighted by atomic mass is 79.9. The lowest BCUT2D eigenvalue weighted by Crippen LogP contribution is -2.35. The molecule has 0 atom stereocenters. The van der Waals surface area contributed by atoms with Gasteiger partial charge in [-0.05, 0) is 45.8 Å². The Bertz CT molecular complexity index is 1040. The Morgan fingerprint density at radius 3 is 2.54 bits per heavy atom. The summed E-state index contributed by atoms with van der Waals surface area (Å²) in [5, 5.41) is 12.4. The molecule has 2 aromatic rings. The number of rotatable bonds is 4. The molecule has 1 aliphatic rings. The minimum absolute atomic E-state index is 0.134. The molecule has 1 fully saturated rings. The van der Waals surface area contributed by atoms with Gasteiger partial charge in [-0.15, -0.1) is 0 Å². The van der Waals surface area contributed by atoms with Crippen molar-refractivity contribution in [3.8, 4) is 5.75 Å². The van der Waals surface area contributed by atoms with Gasteiger partial charge in [-0.1, -0.05) is 18.2 Å². The van der Waals surface area contributed by atoms with Gasteiger partial charge in [-0.3, -0.25) is 29.9 Å². The highest BCUT2D eigenvalue weighted by Gasteiger charge is 2.34. The number of halogens is 1. The van der Waals surface area contributed by atoms with Crippen LogP contribution in [0.25, 0.3) is 6.08 Å². The summed E-state index contributed by atoms with van der Waals surface area (Å²) in [6, 6.07) is 11.0. The predicted octanol–water partition coefficient (Wildman–Crippen LogP) is 2.74. The standard InChI is InChI=1S/C18H12BrN3O6/c1-10(23)28-16-14(19)8-11(9-15(16)22(26)27)7-13-17(24)20-21(18(13)25)12-5-3-2-4-6-12/h2-9H,1H3,(H,20,24). The minimum Gasteiger partial charge on any atom is -0.418 e. The fourth-order valence-corrected chi connectivity index (χ4v) is 3.09. The Morgan fingerprint density at radius 2 is 1.93 bits per heavy atom. The number of amides is 2. The van der Waals surface area contributed by atoms with E-state index in [1.165, 1.54) is 12.1 Å². The summed E-state index contributed by atoms with van der Waals surface area (Å²) in [5.41, 5.74) is 2.45. The number of anilines is 1. The van der Waals surface area contributed by atoms with E-state index in [1.807, 2.05) is 0 Å². The molecule has 2 amide bonds. The van der Waals surface area contributed by atoms with Crippen LogP contribution in [-0.4, -0.2) is 22.7 Å². The highest BCUT2D eigenvalue weighted by molar-refractivity contribution is 9.10. The number of nitrogens with zero attached hydrogens (tertiary/aromatic N) is 2. The third-order valence-corrected chi connectivity index (χ3v) is 4.29. The number of esters is 1. The molecule has 3 rings (SSSR count). The first-order valence-corrected chi connectivity index (χ1v) is 8.65. The van der Waals surface area contributed by atoms with Gasteiger partial charge in [0.25, 0.3) is 11.8 Å². The van der Waals surface area contributed by atoms with Crippen LogP contribution in [0.5, 0.6) is 5.75 Å². The Balaban J connectivity index is 2.01. The molecule has 1 N–H and O–H groups in total. The summed E-state index contributed by atoms with van der Waals surface area (Å²) in [7, 11) is 0. The van der Waals surface area contributed by atoms with Crippen molar-refractivity contribution in [2.45, 2.75) is 6.92 Å². The lowest BCUT2D eigenvalue weighted by atomic mass is 10.1. The quantitative estimate of drug-likeness (QED) is 0.193. The third-order valence-electron chi connectivity index (χ3n) is 3.71. The first-order chi connectivity index (χ1) is 13.3. The van der Waals surface area contributed by atoms with Gasteiger partial charge in [0, 0.05) is 13.0 Å². The molecule has 0 aromatic heterocycles. The van der Waals surface area contributed by atoms with Crippen LogP contribution in [0, 0.1) is 10.1 Å². The van der Waals surface area contributed by atoms with Gasteiger partial charge in [0.1, 0.15) is 5.57 Å². The average molecular weight is 446 g/mol. The molecule has 0 bridgehead atoms. The fourth-order valence-electron chi connectivity index (χ4n) is 2.55. The number of carbonyl (C=O) groups excluding carboxylic acids is 3. The van der Waals surface area contributed by atoms with E-state index in [0.29, 0.717) is 5.69 Å². The van der Waals surface area contributed by atoms with Crippen LogP contribution in [0.3, 0.4) is 0 Å². The van der Waals surface area contributed by atoms with Crippen LogP contribution in [0.4, 0.5) is 11.4 Å². The van der Waals surface area contributed by atoms with Crippen molar-refractivity contribution < 1.29 is 24.0 Å². The molecule has 0 radical (unpaired) electrons. The van der Waals surface area contributed by atoms with Gasteiger partial charge in [-0.2, -0.15) is 0 Å². The van der Waals surface area contributed by atoms with E-state index in [4.69, 9.17) is 4.74 Å². The number of hydrazine groups is 1. The molecule has 28 heavy (non-hydrogen) atoms. The number of hydrogen-bond donors (Lipinski definition) is 1. The number of nitro groups is 1. The number of hydrogen-bond acceptors (Lipinski definition) is 6. The van der Waals surface area contributed by atoms with Crippen molar-refractivity contribution in [3.63, 3.8) is 0 Å². The van der Waals surface area contributed by atoms with Gasteiger partial charge < -0.3 is 4.74 Å². The second kappa shape index (κ2) is 7.61. The summed E-state index contributed by atoms with van der Waals surface area (Å²) < 4.78 is 5.01. The summed E-state index contributed by atoms with van der Waals surface area (Å²) in [4.78, 5) is 46.6. The minimum atomic E-state index is -0.724. The maximum absolute atomic E-state index is 12.6. The van der Waals surface area contributed by atoms with Crippen LogP contribution in [0.15, 0.2) is 52.5 Å². The molecule has 1 heterocycles. The Kier molecular flexibility index (Phi) is 5.23. The van der Waals surface area contributed by atoms with E-state index < -0.39 is 28.4 Å². The van der Waals surface area contributed by atoms with E-state index in [-0.39, 0.29) is 21.4 Å². The molecule has 1 aliphatic heterocycles. The van der Waals surface area contributed by atoms with Crippen LogP contribution in [0.1, 0.15) is 12.5 Å². The number of carbonyl (C=O) groups is 3. The summed E-state index contributed by atoms with van der Waals surface area (Å²) in [6.45, 7) is 1.12. The van der Waals surface area contributed by atoms with E-state index in [0.717, 1.165) is 18.0 Å². The number of ether oxygens (including phenoxy) is 1. The first kappa shape index (κ1) is 19.2. The average Bonchev–Trinajstić information content (AvgIpc) is 2.92. The van der Waals surface area contributed by atoms with Crippen molar-refractivity contribution in [2.75, 3.05) is 5.01 Å². The molecule has 0 aliphatic carbocycles. The van der Waals surface area contributed by atoms with Gasteiger partial charge >= 0.3 is 11.7 Å². The topological polar surface area (TPSA) is 119 Å². The molecule has 10 heteroatoms. The maximum atomic E-state index is 12.6. The lowest BCUT2D eigenvalue weighted by Gasteiger charge is -2.13. The predicted molar refractivity (Wildman–Crippen MR) is 102 cm³/mol. The largest absolute Gasteiger partial charge is 0.418 e. The van der Waals surface area contributed by atoms with E-state index >= 15 is 0 Å². The molecule has 0 spiro atoms. The van der Waals surface area contributed by atoms with Gasteiger partial charge in [0.2, 0.25) is 5.75 Å². The van der Waals surface area contributed by atoms with E-state index in [2.05, 4.69) is 21.4 Å². The van der Waals surface area contributed by atoms with Crippen molar-refractivity contribution in [3.05, 3.63) is 68.2 Å². The van der Waals surface area contributed by atoms with Crippen molar-refractivity contribution in [1.82, 2.24) is 5.43 Å². The Hall–Kier alpha value is -3.53. The first-order valence-electron chi connectivity index (χ1n) is 7.86. The molecular formula is C18H12BrN3O6. The number of para-hydroxylation sites is 1. The van der Waals surface area contributed by atoms with Crippen LogP contribution in [-0.2, 0) is 14.4 Å². The van der Waals surface area contributed by atoms with Crippen LogP contribution >= 0.6 is 15.9 Å². The molecule has 2 aromatic carbocycles. The molecule has 1 saturated heterocycles. The zero-order chi connectivity index (χ0) is 20.4. The van der Waals surface area contributed by atoms with Gasteiger partial charge in [0.05, 0.1) is 15.1 Å². The zero-order valence-corrected chi connectivity index (χ0v) is 15.9. The SMILES string of the molecule is CC(=O)Oc1c(Br)cc(C=C2C(=O)NN(c3ccccc3)C2=O)cc1[N+](=O)[O-]. The highest BCUT2D eigenvalue weighted by Crippen LogP contribution is 2.37. The lowest BCUT2D eigenvalue weighted by molar-refractivity contribution is -0.385. The van der Waals surface area contributed by atoms with Crippen molar-refractivity contribution in [1.29, 1.82) is 0 Å². The van der Waals surface area contributed by atoms with Crippen molar-refractivity contribution >= 4 is 51.2 Å². The second-order valence-electron chi connectivity index (χ2n) is 5.68. The van der Waals surface area contributed by atoms with Crippen LogP contribution < -0.4 is 15.2 Å². The van der Waals surface area contributed by atoms with E-state index in [1.54, 1.807) is 30.3 Å². The maximum Gasteiger partial charge on any atom is 0.313 e. The van der Waals surface area contributed by atoms with Gasteiger partial charge in [-0.25, -0.2) is 5.01 Å². The zero-order valence-electron chi connectivity index (χ0n) is 14.3. The molecular weight excluding hydrogens is 434 g/mol. The molecule has 0 unspecified atom stereocenters. The molecule has 142 valence electrons. The summed E-state index contributed by atoms with van der Waals surface area (Å²) in [6.07, 6.45) is 1.23. The fraction of sp³-hybridized carbons (Fsp3) is 0.0556. The van der Waals surface area contributed by atoms with Crippen LogP contribution in [0.2, 0.25) is 0 Å². The van der Waals surface area contributed by atoms with Crippen molar-refractivity contribution in [2.24, 2.45) is 0 Å². The molecule has 9 nitrogen and oxygen atoms in total. The second-order valence-corrected chi connectivity index (χ2v) is 6.53. The van der Waals surface area contributed by atoms with E-state index in [9.17, 15) is 24.5 Å². The Morgan fingerprint density at radius 1 is 1.25 bits per heavy atom. The Labute approximate surface area is 166 Å². The number of nitro benzene ring substituents is 1. The molecule has 0 saturated carbocycles. The summed E-state index contributed by atoms with van der Waals surface area (Å²) >= 11 is 3.12. The van der Waals surface area contributed by atoms with Gasteiger partial charge in [0.15, 0.2) is 0 Å².